The Bertz CT molecular complexity index is 1220. The average molecular weight is 573 g/mol. The second kappa shape index (κ2) is 12.7. The predicted molar refractivity (Wildman–Crippen MR) is 148 cm³/mol. The fraction of sp³-hybridized carbons (Fsp3) is 0.357. The zero-order valence-corrected chi connectivity index (χ0v) is 23.6. The quantitative estimate of drug-likeness (QED) is 0.248. The second-order valence-electron chi connectivity index (χ2n) is 9.03. The molecule has 8 nitrogen and oxygen atoms in total. The number of hydrogen-bond acceptors (Lipinski definition) is 6. The Morgan fingerprint density at radius 3 is 2.51 bits per heavy atom. The van der Waals surface area contributed by atoms with E-state index in [4.69, 9.17) is 14.9 Å². The van der Waals surface area contributed by atoms with Gasteiger partial charge in [-0.15, -0.1) is 17.0 Å². The minimum atomic E-state index is -0.494. The topological polar surface area (TPSA) is 109 Å². The lowest BCUT2D eigenvalue weighted by atomic mass is 9.83. The monoisotopic (exact) mass is 571 g/mol. The van der Waals surface area contributed by atoms with Crippen molar-refractivity contribution in [2.45, 2.75) is 39.7 Å². The molecule has 9 heteroatoms. The third kappa shape index (κ3) is 6.85. The van der Waals surface area contributed by atoms with Crippen molar-refractivity contribution in [2.24, 2.45) is 0 Å². The van der Waals surface area contributed by atoms with E-state index in [0.717, 1.165) is 11.1 Å². The van der Waals surface area contributed by atoms with Crippen molar-refractivity contribution in [3.8, 4) is 5.75 Å². The molecule has 0 unspecified atom stereocenters. The molecule has 1 amide bonds. The van der Waals surface area contributed by atoms with E-state index in [-0.39, 0.29) is 41.1 Å². The van der Waals surface area contributed by atoms with E-state index in [1.807, 2.05) is 39.0 Å². The maximum absolute atomic E-state index is 13.2. The van der Waals surface area contributed by atoms with Crippen LogP contribution in [0, 0.1) is 5.41 Å². The van der Waals surface area contributed by atoms with Crippen LogP contribution in [0.5, 0.6) is 5.75 Å². The minimum Gasteiger partial charge on any atom is -0.493 e. The van der Waals surface area contributed by atoms with Gasteiger partial charge in [0.1, 0.15) is 11.6 Å². The van der Waals surface area contributed by atoms with Crippen LogP contribution in [0.4, 0.5) is 0 Å². The zero-order valence-electron chi connectivity index (χ0n) is 21.8. The Morgan fingerprint density at radius 1 is 1.14 bits per heavy atom. The van der Waals surface area contributed by atoms with Gasteiger partial charge in [-0.05, 0) is 43.2 Å². The molecule has 0 aromatic heterocycles. The van der Waals surface area contributed by atoms with E-state index in [2.05, 4.69) is 5.32 Å². The summed E-state index contributed by atoms with van der Waals surface area (Å²) in [4.78, 5) is 38.9. The smallest absolute Gasteiger partial charge is 0.330 e. The summed E-state index contributed by atoms with van der Waals surface area (Å²) in [5.74, 6) is -0.170. The molecule has 2 aromatic rings. The third-order valence-corrected chi connectivity index (χ3v) is 6.10. The van der Waals surface area contributed by atoms with Crippen LogP contribution in [0.3, 0.4) is 0 Å². The molecular formula is C28H34BrN3O5. The number of ether oxygens (including phenoxy) is 2. The highest BCUT2D eigenvalue weighted by Crippen LogP contribution is 2.31. The van der Waals surface area contributed by atoms with E-state index in [1.54, 1.807) is 43.1 Å². The van der Waals surface area contributed by atoms with Crippen LogP contribution < -0.4 is 10.1 Å². The molecule has 0 atom stereocenters. The van der Waals surface area contributed by atoms with Crippen LogP contribution in [-0.4, -0.2) is 55.2 Å². The van der Waals surface area contributed by atoms with Gasteiger partial charge >= 0.3 is 5.97 Å². The standard InChI is InChI=1S/C28H33N3O5.BrH/c1-6-35-24-14-19-16-31(26(29)21(19)15-22(24)27(34)30-5)17-23(32)18-9-8-10-20(13-18)28(3,4)12-11-25(33)36-7-2;/h8-15,29H,6-7,16-17H2,1-5H3,(H,30,34);1H. The number of nitrogens with one attached hydrogen (secondary N) is 2. The van der Waals surface area contributed by atoms with Gasteiger partial charge in [0.15, 0.2) is 5.78 Å². The van der Waals surface area contributed by atoms with Gasteiger partial charge in [0.05, 0.1) is 25.3 Å². The van der Waals surface area contributed by atoms with Crippen molar-refractivity contribution < 1.29 is 23.9 Å². The fourth-order valence-electron chi connectivity index (χ4n) is 4.07. The van der Waals surface area contributed by atoms with E-state index in [0.29, 0.717) is 42.2 Å². The second-order valence-corrected chi connectivity index (χ2v) is 9.03. The molecule has 1 aliphatic rings. The van der Waals surface area contributed by atoms with E-state index in [9.17, 15) is 14.4 Å². The molecule has 3 rings (SSSR count). The van der Waals surface area contributed by atoms with Crippen molar-refractivity contribution in [1.82, 2.24) is 10.2 Å². The Labute approximate surface area is 228 Å². The molecule has 0 bridgehead atoms. The molecular weight excluding hydrogens is 538 g/mol. The summed E-state index contributed by atoms with van der Waals surface area (Å²) < 4.78 is 10.6. The van der Waals surface area contributed by atoms with Gasteiger partial charge in [0.2, 0.25) is 0 Å². The number of ketones is 1. The first kappa shape index (κ1) is 29.8. The van der Waals surface area contributed by atoms with Crippen LogP contribution in [-0.2, 0) is 21.5 Å². The molecule has 2 aromatic carbocycles. The number of amides is 1. The van der Waals surface area contributed by atoms with Crippen molar-refractivity contribution in [2.75, 3.05) is 26.8 Å². The summed E-state index contributed by atoms with van der Waals surface area (Å²) in [7, 11) is 1.55. The number of carbonyl (C=O) groups is 3. The largest absolute Gasteiger partial charge is 0.493 e. The molecule has 0 spiro atoms. The number of fused-ring (bicyclic) bond motifs is 1. The van der Waals surface area contributed by atoms with Gasteiger partial charge in [-0.25, -0.2) is 4.79 Å². The molecule has 0 radical (unpaired) electrons. The lowest BCUT2D eigenvalue weighted by Crippen LogP contribution is -2.30. The minimum absolute atomic E-state index is 0. The molecule has 0 aliphatic carbocycles. The number of hydrogen-bond donors (Lipinski definition) is 2. The number of nitrogens with zero attached hydrogens (tertiary/aromatic N) is 1. The summed E-state index contributed by atoms with van der Waals surface area (Å²) in [5, 5.41) is 11.2. The average Bonchev–Trinajstić information content (AvgIpc) is 3.16. The number of halogens is 1. The lowest BCUT2D eigenvalue weighted by molar-refractivity contribution is -0.137. The van der Waals surface area contributed by atoms with Gasteiger partial charge in [0.25, 0.3) is 5.91 Å². The normalized spacial score (nSPS) is 12.7. The van der Waals surface area contributed by atoms with E-state index < -0.39 is 11.4 Å². The fourth-order valence-corrected chi connectivity index (χ4v) is 4.07. The van der Waals surface area contributed by atoms with E-state index in [1.165, 1.54) is 6.08 Å². The highest BCUT2D eigenvalue weighted by atomic mass is 79.9. The van der Waals surface area contributed by atoms with Crippen LogP contribution in [0.25, 0.3) is 0 Å². The van der Waals surface area contributed by atoms with Gasteiger partial charge in [-0.2, -0.15) is 0 Å². The Morgan fingerprint density at radius 2 is 1.86 bits per heavy atom. The maximum atomic E-state index is 13.2. The lowest BCUT2D eigenvalue weighted by Gasteiger charge is -2.22. The number of allylic oxidation sites excluding steroid dienone is 1. The SMILES string of the molecule is Br.CCOC(=O)C=CC(C)(C)c1cccc(C(=O)CN2Cc3cc(OCC)c(C(=O)NC)cc3C2=N)c1. The van der Waals surface area contributed by atoms with Crippen LogP contribution >= 0.6 is 17.0 Å². The first-order valence-corrected chi connectivity index (χ1v) is 12.0. The number of benzene rings is 2. The van der Waals surface area contributed by atoms with Gasteiger partial charge in [0, 0.05) is 36.2 Å². The molecule has 1 heterocycles. The molecule has 37 heavy (non-hydrogen) atoms. The van der Waals surface area contributed by atoms with Crippen molar-refractivity contribution in [3.05, 3.63) is 76.4 Å². The van der Waals surface area contributed by atoms with Gasteiger partial charge in [-0.3, -0.25) is 15.0 Å². The van der Waals surface area contributed by atoms with Crippen molar-refractivity contribution in [3.63, 3.8) is 0 Å². The molecule has 1 aliphatic heterocycles. The van der Waals surface area contributed by atoms with Crippen molar-refractivity contribution in [1.29, 1.82) is 5.41 Å². The predicted octanol–water partition coefficient (Wildman–Crippen LogP) is 4.44. The Balaban J connectivity index is 0.00000481. The molecule has 0 fully saturated rings. The summed E-state index contributed by atoms with van der Waals surface area (Å²) >= 11 is 0. The summed E-state index contributed by atoms with van der Waals surface area (Å²) in [6.07, 6.45) is 3.17. The number of Topliss-reactive ketones (excluding diaryl/α,β-unsaturated/α-hetero) is 1. The van der Waals surface area contributed by atoms with Crippen LogP contribution in [0.1, 0.15) is 65.1 Å². The molecule has 0 saturated heterocycles. The van der Waals surface area contributed by atoms with Gasteiger partial charge < -0.3 is 19.7 Å². The molecule has 198 valence electrons. The highest BCUT2D eigenvalue weighted by Gasteiger charge is 2.29. The maximum Gasteiger partial charge on any atom is 0.330 e. The highest BCUT2D eigenvalue weighted by molar-refractivity contribution is 8.93. The Kier molecular flexibility index (Phi) is 10.2. The number of amidine groups is 1. The van der Waals surface area contributed by atoms with E-state index >= 15 is 0 Å². The molecule has 2 N–H and O–H groups in total. The number of rotatable bonds is 10. The number of esters is 1. The summed E-state index contributed by atoms with van der Waals surface area (Å²) in [5.41, 5.74) is 2.72. The van der Waals surface area contributed by atoms with Crippen molar-refractivity contribution >= 4 is 40.5 Å². The summed E-state index contributed by atoms with van der Waals surface area (Å²) in [6, 6.07) is 10.7. The first-order chi connectivity index (χ1) is 17.1. The summed E-state index contributed by atoms with van der Waals surface area (Å²) in [6.45, 7) is 8.63. The molecule has 0 saturated carbocycles. The third-order valence-electron chi connectivity index (χ3n) is 6.10. The number of carbonyl (C=O) groups excluding carboxylic acids is 3. The first-order valence-electron chi connectivity index (χ1n) is 12.0. The van der Waals surface area contributed by atoms with Gasteiger partial charge in [-0.1, -0.05) is 38.1 Å². The van der Waals surface area contributed by atoms with Crippen LogP contribution in [0.2, 0.25) is 0 Å². The van der Waals surface area contributed by atoms with Crippen LogP contribution in [0.15, 0.2) is 48.6 Å². The zero-order chi connectivity index (χ0) is 26.5. The Hall–Kier alpha value is -3.46.